The third-order valence-electron chi connectivity index (χ3n) is 5.59. The number of rotatable bonds is 6. The second-order valence-corrected chi connectivity index (χ2v) is 7.78. The van der Waals surface area contributed by atoms with Crippen molar-refractivity contribution in [1.82, 2.24) is 10.6 Å². The van der Waals surface area contributed by atoms with Gasteiger partial charge >= 0.3 is 0 Å². The van der Waals surface area contributed by atoms with Crippen LogP contribution in [-0.4, -0.2) is 18.4 Å². The molecule has 0 spiro atoms. The summed E-state index contributed by atoms with van der Waals surface area (Å²) in [6, 6.07) is 25.9. The number of piperidine rings is 1. The molecule has 1 aliphatic heterocycles. The topological polar surface area (TPSA) is 58.2 Å². The van der Waals surface area contributed by atoms with E-state index < -0.39 is 0 Å². The average molecular weight is 399 g/mol. The fourth-order valence-corrected chi connectivity index (χ4v) is 3.87. The highest BCUT2D eigenvalue weighted by Crippen LogP contribution is 2.23. The molecule has 1 unspecified atom stereocenters. The van der Waals surface area contributed by atoms with E-state index in [2.05, 4.69) is 34.9 Å². The molecule has 3 aromatic carbocycles. The van der Waals surface area contributed by atoms with E-state index in [0.29, 0.717) is 12.1 Å². The molecular formula is C26H26N2O2. The fraction of sp³-hybridized carbons (Fsp3) is 0.231. The monoisotopic (exact) mass is 398 g/mol. The quantitative estimate of drug-likeness (QED) is 0.648. The molecule has 0 bridgehead atoms. The van der Waals surface area contributed by atoms with Gasteiger partial charge in [0, 0.05) is 24.6 Å². The molecule has 1 saturated heterocycles. The predicted molar refractivity (Wildman–Crippen MR) is 119 cm³/mol. The Balaban J connectivity index is 1.41. The average Bonchev–Trinajstić information content (AvgIpc) is 2.80. The van der Waals surface area contributed by atoms with Gasteiger partial charge in [-0.1, -0.05) is 66.7 Å². The summed E-state index contributed by atoms with van der Waals surface area (Å²) >= 11 is 0. The Morgan fingerprint density at radius 2 is 1.70 bits per heavy atom. The van der Waals surface area contributed by atoms with E-state index in [0.717, 1.165) is 48.1 Å². The lowest BCUT2D eigenvalue weighted by atomic mass is 9.91. The van der Waals surface area contributed by atoms with Crippen LogP contribution in [0.2, 0.25) is 0 Å². The normalized spacial score (nSPS) is 16.0. The molecule has 4 rings (SSSR count). The first-order chi connectivity index (χ1) is 14.7. The zero-order chi connectivity index (χ0) is 20.8. The molecule has 1 atom stereocenters. The van der Waals surface area contributed by atoms with Gasteiger partial charge < -0.3 is 10.6 Å². The van der Waals surface area contributed by atoms with Crippen molar-refractivity contribution < 1.29 is 9.59 Å². The first kappa shape index (κ1) is 19.9. The van der Waals surface area contributed by atoms with Crippen LogP contribution in [0, 0.1) is 5.92 Å². The summed E-state index contributed by atoms with van der Waals surface area (Å²) in [5.41, 5.74) is 4.95. The van der Waals surface area contributed by atoms with Crippen LogP contribution in [-0.2, 0) is 17.8 Å². The van der Waals surface area contributed by atoms with E-state index >= 15 is 0 Å². The molecule has 1 aliphatic rings. The van der Waals surface area contributed by atoms with Gasteiger partial charge in [0.2, 0.25) is 5.91 Å². The molecule has 0 saturated carbocycles. The number of carbonyl (C=O) groups is 2. The highest BCUT2D eigenvalue weighted by atomic mass is 16.2. The molecule has 2 amide bonds. The number of hydrogen-bond acceptors (Lipinski definition) is 2. The van der Waals surface area contributed by atoms with E-state index in [1.807, 2.05) is 54.6 Å². The molecule has 0 aliphatic carbocycles. The maximum atomic E-state index is 12.6. The smallest absolute Gasteiger partial charge is 0.251 e. The maximum Gasteiger partial charge on any atom is 0.251 e. The SMILES string of the molecule is O=C(NCc1ccccc1)c1cccc(-c2ccc(CC3CCCNC3=O)cc2)c1. The van der Waals surface area contributed by atoms with Crippen LogP contribution in [0.15, 0.2) is 78.9 Å². The zero-order valence-electron chi connectivity index (χ0n) is 16.9. The van der Waals surface area contributed by atoms with Gasteiger partial charge in [-0.25, -0.2) is 0 Å². The van der Waals surface area contributed by atoms with Crippen molar-refractivity contribution in [3.8, 4) is 11.1 Å². The third kappa shape index (κ3) is 4.95. The minimum absolute atomic E-state index is 0.0706. The predicted octanol–water partition coefficient (Wildman–Crippen LogP) is 4.35. The van der Waals surface area contributed by atoms with Crippen molar-refractivity contribution in [2.24, 2.45) is 5.92 Å². The van der Waals surface area contributed by atoms with Gasteiger partial charge in [-0.2, -0.15) is 0 Å². The van der Waals surface area contributed by atoms with Crippen LogP contribution in [0.25, 0.3) is 11.1 Å². The van der Waals surface area contributed by atoms with Crippen LogP contribution in [0.1, 0.15) is 34.3 Å². The van der Waals surface area contributed by atoms with Crippen LogP contribution in [0.5, 0.6) is 0 Å². The molecule has 1 fully saturated rings. The Morgan fingerprint density at radius 3 is 2.47 bits per heavy atom. The van der Waals surface area contributed by atoms with Crippen molar-refractivity contribution in [3.05, 3.63) is 95.6 Å². The standard InChI is InChI=1S/C26H26N2O2/c29-25-23(10-5-15-27-25)16-19-11-13-21(14-12-19)22-8-4-9-24(17-22)26(30)28-18-20-6-2-1-3-7-20/h1-4,6-9,11-14,17,23H,5,10,15-16,18H2,(H,27,29)(H,28,30). The highest BCUT2D eigenvalue weighted by Gasteiger charge is 2.21. The third-order valence-corrected chi connectivity index (χ3v) is 5.59. The summed E-state index contributed by atoms with van der Waals surface area (Å²) in [6.45, 7) is 1.30. The van der Waals surface area contributed by atoms with E-state index in [4.69, 9.17) is 0 Å². The number of hydrogen-bond donors (Lipinski definition) is 2. The summed E-state index contributed by atoms with van der Waals surface area (Å²) in [5, 5.41) is 5.93. The Kier molecular flexibility index (Phi) is 6.23. The molecule has 3 aromatic rings. The van der Waals surface area contributed by atoms with Gasteiger partial charge in [0.15, 0.2) is 0 Å². The van der Waals surface area contributed by atoms with Crippen LogP contribution in [0.4, 0.5) is 0 Å². The summed E-state index contributed by atoms with van der Waals surface area (Å²) in [5.74, 6) is 0.154. The maximum absolute atomic E-state index is 12.6. The van der Waals surface area contributed by atoms with E-state index in [1.165, 1.54) is 0 Å². The first-order valence-electron chi connectivity index (χ1n) is 10.5. The van der Waals surface area contributed by atoms with Gasteiger partial charge in [0.25, 0.3) is 5.91 Å². The molecule has 1 heterocycles. The summed E-state index contributed by atoms with van der Waals surface area (Å²) < 4.78 is 0. The Hall–Kier alpha value is -3.40. The molecule has 30 heavy (non-hydrogen) atoms. The second kappa shape index (κ2) is 9.40. The van der Waals surface area contributed by atoms with Gasteiger partial charge in [-0.3, -0.25) is 9.59 Å². The lowest BCUT2D eigenvalue weighted by molar-refractivity contribution is -0.126. The van der Waals surface area contributed by atoms with Crippen molar-refractivity contribution in [2.75, 3.05) is 6.54 Å². The molecule has 4 heteroatoms. The molecule has 0 aromatic heterocycles. The first-order valence-corrected chi connectivity index (χ1v) is 10.5. The second-order valence-electron chi connectivity index (χ2n) is 7.78. The molecule has 152 valence electrons. The van der Waals surface area contributed by atoms with Crippen LogP contribution in [0.3, 0.4) is 0 Å². The Morgan fingerprint density at radius 1 is 0.900 bits per heavy atom. The van der Waals surface area contributed by atoms with E-state index in [1.54, 1.807) is 0 Å². The Labute approximate surface area is 177 Å². The van der Waals surface area contributed by atoms with Gasteiger partial charge in [-0.15, -0.1) is 0 Å². The number of amides is 2. The zero-order valence-corrected chi connectivity index (χ0v) is 16.9. The molecule has 2 N–H and O–H groups in total. The summed E-state index contributed by atoms with van der Waals surface area (Å²) in [6.07, 6.45) is 2.77. The van der Waals surface area contributed by atoms with E-state index in [-0.39, 0.29) is 17.7 Å². The largest absolute Gasteiger partial charge is 0.356 e. The van der Waals surface area contributed by atoms with E-state index in [9.17, 15) is 9.59 Å². The molecule has 4 nitrogen and oxygen atoms in total. The Bertz CT molecular complexity index is 1010. The van der Waals surface area contributed by atoms with Gasteiger partial charge in [0.1, 0.15) is 0 Å². The van der Waals surface area contributed by atoms with Crippen molar-refractivity contribution in [1.29, 1.82) is 0 Å². The number of benzene rings is 3. The lowest BCUT2D eigenvalue weighted by Gasteiger charge is -2.21. The number of nitrogens with one attached hydrogen (secondary N) is 2. The minimum atomic E-state index is -0.0827. The fourth-order valence-electron chi connectivity index (χ4n) is 3.87. The van der Waals surface area contributed by atoms with Gasteiger partial charge in [-0.05, 0) is 53.6 Å². The van der Waals surface area contributed by atoms with Crippen LogP contribution >= 0.6 is 0 Å². The molecule has 0 radical (unpaired) electrons. The van der Waals surface area contributed by atoms with Crippen LogP contribution < -0.4 is 10.6 Å². The molecular weight excluding hydrogens is 372 g/mol. The van der Waals surface area contributed by atoms with Crippen molar-refractivity contribution >= 4 is 11.8 Å². The lowest BCUT2D eigenvalue weighted by Crippen LogP contribution is -2.37. The number of carbonyl (C=O) groups excluding carboxylic acids is 2. The van der Waals surface area contributed by atoms with Crippen molar-refractivity contribution in [2.45, 2.75) is 25.8 Å². The minimum Gasteiger partial charge on any atom is -0.356 e. The van der Waals surface area contributed by atoms with Gasteiger partial charge in [0.05, 0.1) is 0 Å². The summed E-state index contributed by atoms with van der Waals surface area (Å²) in [7, 11) is 0. The summed E-state index contributed by atoms with van der Waals surface area (Å²) in [4.78, 5) is 24.5. The highest BCUT2D eigenvalue weighted by molar-refractivity contribution is 5.95. The van der Waals surface area contributed by atoms with Crippen molar-refractivity contribution in [3.63, 3.8) is 0 Å².